The average Bonchev–Trinajstić information content (AvgIpc) is 1.90. The van der Waals surface area contributed by atoms with E-state index >= 15 is 0 Å². The molecule has 0 radical (unpaired) electrons. The maximum Gasteiger partial charge on any atom is 0.0351 e. The first kappa shape index (κ1) is 7.12. The summed E-state index contributed by atoms with van der Waals surface area (Å²) >= 11 is 4.04. The average molecular weight is 205 g/mol. The molecule has 9 heavy (non-hydrogen) atoms. The third kappa shape index (κ3) is 2.01. The molecule has 0 heterocycles. The van der Waals surface area contributed by atoms with Crippen molar-refractivity contribution >= 4 is 28.0 Å². The van der Waals surface area contributed by atoms with Gasteiger partial charge in [-0.3, -0.25) is 0 Å². The molecule has 0 spiro atoms. The first-order chi connectivity index (χ1) is 4.33. The maximum atomic E-state index is 8.53. The lowest BCUT2D eigenvalue weighted by atomic mass is 10.4. The van der Waals surface area contributed by atoms with Crippen molar-refractivity contribution in [2.24, 2.45) is 0 Å². The normalized spacial score (nSPS) is 9.56. The van der Waals surface area contributed by atoms with Gasteiger partial charge in [0.1, 0.15) is 0 Å². The molecule has 0 aliphatic rings. The highest BCUT2D eigenvalue weighted by atomic mass is 79.9. The lowest BCUT2D eigenvalue weighted by molar-refractivity contribution is 0.664. The molecule has 0 aromatic heterocycles. The molecule has 0 amide bonds. The highest BCUT2D eigenvalue weighted by molar-refractivity contribution is 9.10. The van der Waals surface area contributed by atoms with E-state index in [4.69, 9.17) is 4.55 Å². The minimum atomic E-state index is 0.757. The SMILES string of the molecule is OSc1ccc(Br)cc1. The van der Waals surface area contributed by atoms with Crippen LogP contribution in [0.4, 0.5) is 0 Å². The second-order valence-corrected chi connectivity index (χ2v) is 3.11. The molecule has 0 aliphatic heterocycles. The van der Waals surface area contributed by atoms with Crippen molar-refractivity contribution < 1.29 is 4.55 Å². The predicted molar refractivity (Wildman–Crippen MR) is 42.6 cm³/mol. The molecule has 48 valence electrons. The van der Waals surface area contributed by atoms with Gasteiger partial charge in [-0.15, -0.1) is 0 Å². The van der Waals surface area contributed by atoms with Crippen LogP contribution >= 0.6 is 28.0 Å². The maximum absolute atomic E-state index is 8.53. The first-order valence-corrected chi connectivity index (χ1v) is 3.96. The molecular formula is C6H5BrOS. The summed E-state index contributed by atoms with van der Waals surface area (Å²) in [6.45, 7) is 0. The van der Waals surface area contributed by atoms with E-state index in [2.05, 4.69) is 15.9 Å². The monoisotopic (exact) mass is 204 g/mol. The van der Waals surface area contributed by atoms with Crippen molar-refractivity contribution in [3.63, 3.8) is 0 Å². The molecule has 0 aliphatic carbocycles. The number of rotatable bonds is 1. The number of hydrogen-bond donors (Lipinski definition) is 1. The third-order valence-corrected chi connectivity index (χ3v) is 1.93. The van der Waals surface area contributed by atoms with E-state index in [1.165, 1.54) is 0 Å². The van der Waals surface area contributed by atoms with Crippen LogP contribution in [0.5, 0.6) is 0 Å². The van der Waals surface area contributed by atoms with Gasteiger partial charge in [-0.05, 0) is 24.3 Å². The van der Waals surface area contributed by atoms with Gasteiger partial charge < -0.3 is 4.55 Å². The summed E-state index contributed by atoms with van der Waals surface area (Å²) in [6, 6.07) is 7.46. The van der Waals surface area contributed by atoms with Gasteiger partial charge in [-0.1, -0.05) is 15.9 Å². The Kier molecular flexibility index (Phi) is 2.57. The largest absolute Gasteiger partial charge is 0.325 e. The van der Waals surface area contributed by atoms with Crippen molar-refractivity contribution in [2.75, 3.05) is 0 Å². The Morgan fingerprint density at radius 3 is 2.22 bits per heavy atom. The van der Waals surface area contributed by atoms with Gasteiger partial charge in [0.25, 0.3) is 0 Å². The van der Waals surface area contributed by atoms with Gasteiger partial charge in [0.05, 0.1) is 0 Å². The van der Waals surface area contributed by atoms with Crippen molar-refractivity contribution in [1.82, 2.24) is 0 Å². The van der Waals surface area contributed by atoms with Crippen LogP contribution in [0, 0.1) is 0 Å². The van der Waals surface area contributed by atoms with Crippen LogP contribution in [-0.4, -0.2) is 4.55 Å². The molecule has 0 fully saturated rings. The fourth-order valence-electron chi connectivity index (χ4n) is 0.495. The minimum Gasteiger partial charge on any atom is -0.325 e. The lowest BCUT2D eigenvalue weighted by Gasteiger charge is -1.91. The molecule has 1 N–H and O–H groups in total. The van der Waals surface area contributed by atoms with E-state index in [1.807, 2.05) is 24.3 Å². The molecule has 0 bridgehead atoms. The Morgan fingerprint density at radius 1 is 1.22 bits per heavy atom. The Labute approximate surface area is 66.4 Å². The molecule has 0 saturated carbocycles. The fourth-order valence-corrected chi connectivity index (χ4v) is 1.02. The molecule has 0 saturated heterocycles. The van der Waals surface area contributed by atoms with Crippen molar-refractivity contribution in [3.8, 4) is 0 Å². The molecule has 1 aromatic carbocycles. The number of hydrogen-bond acceptors (Lipinski definition) is 2. The molecule has 1 aromatic rings. The smallest absolute Gasteiger partial charge is 0.0351 e. The minimum absolute atomic E-state index is 0.757. The summed E-state index contributed by atoms with van der Waals surface area (Å²) in [6.07, 6.45) is 0. The topological polar surface area (TPSA) is 20.2 Å². The zero-order valence-electron chi connectivity index (χ0n) is 4.54. The van der Waals surface area contributed by atoms with E-state index in [9.17, 15) is 0 Å². The predicted octanol–water partition coefficient (Wildman–Crippen LogP) is 3.01. The highest BCUT2D eigenvalue weighted by Crippen LogP contribution is 2.16. The summed E-state index contributed by atoms with van der Waals surface area (Å²) in [7, 11) is 0. The van der Waals surface area contributed by atoms with Crippen LogP contribution in [-0.2, 0) is 0 Å². The van der Waals surface area contributed by atoms with Gasteiger partial charge in [0.15, 0.2) is 0 Å². The van der Waals surface area contributed by atoms with E-state index in [0.29, 0.717) is 0 Å². The van der Waals surface area contributed by atoms with E-state index in [0.717, 1.165) is 21.4 Å². The Morgan fingerprint density at radius 2 is 1.78 bits per heavy atom. The van der Waals surface area contributed by atoms with Gasteiger partial charge >= 0.3 is 0 Å². The Hall–Kier alpha value is 0.01000. The third-order valence-electron chi connectivity index (χ3n) is 0.919. The summed E-state index contributed by atoms with van der Waals surface area (Å²) in [5, 5.41) is 0. The van der Waals surface area contributed by atoms with E-state index in [-0.39, 0.29) is 0 Å². The Balaban J connectivity index is 2.88. The summed E-state index contributed by atoms with van der Waals surface area (Å²) in [5.41, 5.74) is 0. The lowest BCUT2D eigenvalue weighted by Crippen LogP contribution is -1.66. The summed E-state index contributed by atoms with van der Waals surface area (Å²) in [4.78, 5) is 0.859. The van der Waals surface area contributed by atoms with Gasteiger partial charge in [0, 0.05) is 21.4 Å². The Bertz CT molecular complexity index is 185. The van der Waals surface area contributed by atoms with Crippen LogP contribution in [0.15, 0.2) is 33.6 Å². The van der Waals surface area contributed by atoms with Crippen LogP contribution < -0.4 is 0 Å². The van der Waals surface area contributed by atoms with Crippen LogP contribution in [0.1, 0.15) is 0 Å². The molecule has 0 atom stereocenters. The summed E-state index contributed by atoms with van der Waals surface area (Å²) in [5.74, 6) is 0. The molecule has 3 heteroatoms. The van der Waals surface area contributed by atoms with Gasteiger partial charge in [0.2, 0.25) is 0 Å². The van der Waals surface area contributed by atoms with E-state index in [1.54, 1.807) is 0 Å². The molecule has 1 nitrogen and oxygen atoms in total. The van der Waals surface area contributed by atoms with Crippen molar-refractivity contribution in [3.05, 3.63) is 28.7 Å². The van der Waals surface area contributed by atoms with Gasteiger partial charge in [-0.25, -0.2) is 0 Å². The van der Waals surface area contributed by atoms with Crippen molar-refractivity contribution in [2.45, 2.75) is 4.90 Å². The fraction of sp³-hybridized carbons (Fsp3) is 0. The highest BCUT2D eigenvalue weighted by Gasteiger charge is 1.88. The second kappa shape index (κ2) is 3.25. The standard InChI is InChI=1S/C6H5BrOS/c7-5-1-3-6(9-8)4-2-5/h1-4,8H. The van der Waals surface area contributed by atoms with Crippen LogP contribution in [0.25, 0.3) is 0 Å². The molecule has 1 rings (SSSR count). The zero-order valence-corrected chi connectivity index (χ0v) is 6.95. The number of benzene rings is 1. The van der Waals surface area contributed by atoms with Gasteiger partial charge in [-0.2, -0.15) is 0 Å². The zero-order chi connectivity index (χ0) is 6.69. The molecular weight excluding hydrogens is 200 g/mol. The van der Waals surface area contributed by atoms with Crippen LogP contribution in [0.3, 0.4) is 0 Å². The molecule has 0 unspecified atom stereocenters. The quantitative estimate of drug-likeness (QED) is 0.711. The van der Waals surface area contributed by atoms with Crippen molar-refractivity contribution in [1.29, 1.82) is 0 Å². The summed E-state index contributed by atoms with van der Waals surface area (Å²) < 4.78 is 9.56. The number of halogens is 1. The van der Waals surface area contributed by atoms with E-state index < -0.39 is 0 Å². The van der Waals surface area contributed by atoms with Crippen LogP contribution in [0.2, 0.25) is 0 Å². The first-order valence-electron chi connectivity index (χ1n) is 2.40. The second-order valence-electron chi connectivity index (χ2n) is 1.55.